The highest BCUT2D eigenvalue weighted by Crippen LogP contribution is 2.20. The molecular formula is C12H24N2O7Si2. The van der Waals surface area contributed by atoms with Crippen LogP contribution in [0.15, 0.2) is 9.98 Å². The van der Waals surface area contributed by atoms with E-state index >= 15 is 0 Å². The molecule has 0 aliphatic carbocycles. The third-order valence-corrected chi connectivity index (χ3v) is 9.66. The molecule has 0 aromatic heterocycles. The number of isocyanates is 2. The van der Waals surface area contributed by atoms with Gasteiger partial charge in [-0.25, -0.2) is 19.6 Å². The minimum absolute atomic E-state index is 0.188. The zero-order valence-corrected chi connectivity index (χ0v) is 16.3. The first-order valence-corrected chi connectivity index (χ1v) is 11.0. The number of ether oxygens (including phenoxy) is 2. The van der Waals surface area contributed by atoms with Crippen LogP contribution in [-0.4, -0.2) is 83.1 Å². The topological polar surface area (TPSA) is 105 Å². The first-order valence-electron chi connectivity index (χ1n) is 6.89. The number of carbonyl (C=O) groups excluding carboxylic acids is 2. The van der Waals surface area contributed by atoms with E-state index in [1.807, 2.05) is 0 Å². The Balaban J connectivity index is 5.28. The second-order valence-corrected chi connectivity index (χ2v) is 10.7. The van der Waals surface area contributed by atoms with Crippen LogP contribution >= 0.6 is 0 Å². The van der Waals surface area contributed by atoms with Crippen LogP contribution in [-0.2, 0) is 32.3 Å². The van der Waals surface area contributed by atoms with Gasteiger partial charge in [0.15, 0.2) is 8.80 Å². The maximum absolute atomic E-state index is 10.8. The Bertz CT molecular complexity index is 411. The van der Waals surface area contributed by atoms with Gasteiger partial charge in [0, 0.05) is 47.8 Å². The molecule has 23 heavy (non-hydrogen) atoms. The van der Waals surface area contributed by atoms with Crippen LogP contribution < -0.4 is 0 Å². The molecule has 0 N–H and O–H groups in total. The lowest BCUT2D eigenvalue weighted by molar-refractivity contribution is -0.0482. The summed E-state index contributed by atoms with van der Waals surface area (Å²) in [6, 6.07) is 0.445. The highest BCUT2D eigenvalue weighted by molar-refractivity contribution is 6.63. The molecular weight excluding hydrogens is 340 g/mol. The van der Waals surface area contributed by atoms with E-state index in [1.165, 1.54) is 41.6 Å². The fraction of sp³-hybridized carbons (Fsp3) is 0.833. The molecule has 0 radical (unpaired) electrons. The SMILES string of the molecule is COC(OC)[SiH](CN=C=O)C(CC[Si](OC)(OC)OC)N=C=O. The van der Waals surface area contributed by atoms with Crippen LogP contribution in [0.1, 0.15) is 6.42 Å². The van der Waals surface area contributed by atoms with Crippen molar-refractivity contribution >= 4 is 29.8 Å². The summed E-state index contributed by atoms with van der Waals surface area (Å²) in [4.78, 5) is 28.7. The molecule has 11 heteroatoms. The van der Waals surface area contributed by atoms with Crippen LogP contribution in [0.5, 0.6) is 0 Å². The van der Waals surface area contributed by atoms with Crippen molar-refractivity contribution < 1.29 is 32.3 Å². The van der Waals surface area contributed by atoms with Gasteiger partial charge in [0.2, 0.25) is 12.2 Å². The number of rotatable bonds is 13. The lowest BCUT2D eigenvalue weighted by Gasteiger charge is -2.29. The van der Waals surface area contributed by atoms with Crippen LogP contribution in [0, 0.1) is 0 Å². The van der Waals surface area contributed by atoms with Crippen molar-refractivity contribution in [3.05, 3.63) is 0 Å². The third kappa shape index (κ3) is 6.96. The van der Waals surface area contributed by atoms with E-state index in [9.17, 15) is 9.59 Å². The first-order chi connectivity index (χ1) is 11.1. The maximum Gasteiger partial charge on any atom is 0.500 e. The van der Waals surface area contributed by atoms with Gasteiger partial charge in [0.1, 0.15) is 5.91 Å². The fourth-order valence-corrected chi connectivity index (χ4v) is 7.01. The van der Waals surface area contributed by atoms with Crippen molar-refractivity contribution in [2.24, 2.45) is 9.98 Å². The summed E-state index contributed by atoms with van der Waals surface area (Å²) in [6.07, 6.45) is 3.70. The second kappa shape index (κ2) is 12.4. The highest BCUT2D eigenvalue weighted by Gasteiger charge is 2.41. The molecule has 0 spiro atoms. The summed E-state index contributed by atoms with van der Waals surface area (Å²) in [5.74, 6) is -0.557. The van der Waals surface area contributed by atoms with Crippen molar-refractivity contribution in [3.8, 4) is 0 Å². The first kappa shape index (κ1) is 22.0. The van der Waals surface area contributed by atoms with Crippen LogP contribution in [0.2, 0.25) is 6.04 Å². The summed E-state index contributed by atoms with van der Waals surface area (Å²) < 4.78 is 26.6. The van der Waals surface area contributed by atoms with E-state index in [2.05, 4.69) is 9.98 Å². The van der Waals surface area contributed by atoms with E-state index in [0.717, 1.165) is 0 Å². The van der Waals surface area contributed by atoms with Crippen molar-refractivity contribution in [2.45, 2.75) is 24.0 Å². The third-order valence-electron chi connectivity index (χ3n) is 3.57. The molecule has 0 fully saturated rings. The second-order valence-electron chi connectivity index (χ2n) is 4.56. The number of nitrogens with zero attached hydrogens (tertiary/aromatic N) is 2. The monoisotopic (exact) mass is 364 g/mol. The highest BCUT2D eigenvalue weighted by atomic mass is 28.4. The Hall–Kier alpha value is -1.01. The molecule has 0 aliphatic rings. The Labute approximate surface area is 138 Å². The summed E-state index contributed by atoms with van der Waals surface area (Å²) in [5.41, 5.74) is -0.415. The molecule has 0 bridgehead atoms. The van der Waals surface area contributed by atoms with E-state index < -0.39 is 29.2 Å². The predicted molar refractivity (Wildman–Crippen MR) is 86.1 cm³/mol. The molecule has 9 nitrogen and oxygen atoms in total. The van der Waals surface area contributed by atoms with E-state index in [1.54, 1.807) is 6.08 Å². The number of hydrogen-bond donors (Lipinski definition) is 0. The van der Waals surface area contributed by atoms with Gasteiger partial charge in [-0.3, -0.25) is 0 Å². The summed E-state index contributed by atoms with van der Waals surface area (Å²) in [6.45, 7) is 0. The average Bonchev–Trinajstić information content (AvgIpc) is 2.59. The molecule has 0 saturated carbocycles. The molecule has 0 heterocycles. The number of methoxy groups -OCH3 is 2. The normalized spacial score (nSPS) is 14.0. The van der Waals surface area contributed by atoms with Crippen molar-refractivity contribution in [2.75, 3.05) is 41.7 Å². The number of aliphatic imine (C=N–C) groups is 2. The van der Waals surface area contributed by atoms with Crippen LogP contribution in [0.4, 0.5) is 0 Å². The molecule has 0 rings (SSSR count). The van der Waals surface area contributed by atoms with E-state index in [-0.39, 0.29) is 6.17 Å². The van der Waals surface area contributed by atoms with Gasteiger partial charge in [-0.15, -0.1) is 0 Å². The van der Waals surface area contributed by atoms with Crippen LogP contribution in [0.25, 0.3) is 0 Å². The Kier molecular flexibility index (Phi) is 11.9. The number of hydrogen-bond acceptors (Lipinski definition) is 9. The lowest BCUT2D eigenvalue weighted by Crippen LogP contribution is -2.49. The largest absolute Gasteiger partial charge is 0.500 e. The predicted octanol–water partition coefficient (Wildman–Crippen LogP) is -0.242. The fourth-order valence-electron chi connectivity index (χ4n) is 2.30. The summed E-state index contributed by atoms with van der Waals surface area (Å²) >= 11 is 0. The van der Waals surface area contributed by atoms with Crippen molar-refractivity contribution in [1.29, 1.82) is 0 Å². The minimum Gasteiger partial charge on any atom is -0.377 e. The lowest BCUT2D eigenvalue weighted by atomic mass is 10.5. The minimum atomic E-state index is -2.80. The molecule has 0 aromatic carbocycles. The Morgan fingerprint density at radius 1 is 1.00 bits per heavy atom. The molecule has 0 aromatic rings. The van der Waals surface area contributed by atoms with Gasteiger partial charge in [-0.1, -0.05) is 0 Å². The quantitative estimate of drug-likeness (QED) is 0.192. The van der Waals surface area contributed by atoms with Gasteiger partial charge in [0.05, 0.1) is 5.67 Å². The molecule has 132 valence electrons. The zero-order valence-electron chi connectivity index (χ0n) is 14.1. The van der Waals surface area contributed by atoms with Gasteiger partial charge in [-0.2, -0.15) is 0 Å². The standard InChI is InChI=1S/C12H24N2O7Si2/c1-17-12(18-2)22(10-13-8-15)11(14-9-16)6-7-23(19-3,20-4)21-5/h11-12,22H,6-7,10H2,1-5H3. The molecule has 0 aliphatic heterocycles. The average molecular weight is 365 g/mol. The van der Waals surface area contributed by atoms with Gasteiger partial charge in [0.25, 0.3) is 0 Å². The molecule has 2 atom stereocenters. The van der Waals surface area contributed by atoms with E-state index in [4.69, 9.17) is 22.8 Å². The van der Waals surface area contributed by atoms with Gasteiger partial charge < -0.3 is 22.8 Å². The Morgan fingerprint density at radius 2 is 1.57 bits per heavy atom. The van der Waals surface area contributed by atoms with E-state index in [0.29, 0.717) is 12.5 Å². The molecule has 2 unspecified atom stereocenters. The smallest absolute Gasteiger partial charge is 0.377 e. The van der Waals surface area contributed by atoms with Crippen molar-refractivity contribution in [1.82, 2.24) is 0 Å². The summed E-state index contributed by atoms with van der Waals surface area (Å²) in [5, 5.41) is 0. The molecule has 0 saturated heterocycles. The van der Waals surface area contributed by atoms with Crippen LogP contribution in [0.3, 0.4) is 0 Å². The van der Waals surface area contributed by atoms with Crippen molar-refractivity contribution in [3.63, 3.8) is 0 Å². The molecule has 0 amide bonds. The Morgan fingerprint density at radius 3 is 1.96 bits per heavy atom. The maximum atomic E-state index is 10.8. The zero-order chi connectivity index (χ0) is 17.7. The summed E-state index contributed by atoms with van der Waals surface area (Å²) in [7, 11) is 2.63. The van der Waals surface area contributed by atoms with Gasteiger partial charge >= 0.3 is 8.80 Å². The van der Waals surface area contributed by atoms with Gasteiger partial charge in [-0.05, 0) is 6.42 Å².